The van der Waals surface area contributed by atoms with Gasteiger partial charge in [0.25, 0.3) is 0 Å². The zero-order valence-corrected chi connectivity index (χ0v) is 14.7. The molecule has 6 heteroatoms. The second-order valence-electron chi connectivity index (χ2n) is 5.51. The fourth-order valence-electron chi connectivity index (χ4n) is 2.53. The van der Waals surface area contributed by atoms with Gasteiger partial charge in [-0.1, -0.05) is 30.3 Å². The standard InChI is InChI=1S/C19H24N2O4/c1-23-14-9-17(24-2)15(18(10-14)25-3)12-21-19(22)11-16(20)13-7-5-4-6-8-13/h4-10,16H,11-12,20H2,1-3H3,(H,21,22). The molecule has 0 fully saturated rings. The molecule has 134 valence electrons. The van der Waals surface area contributed by atoms with Crippen LogP contribution in [0.2, 0.25) is 0 Å². The van der Waals surface area contributed by atoms with Gasteiger partial charge in [-0.2, -0.15) is 0 Å². The van der Waals surface area contributed by atoms with Gasteiger partial charge in [0.2, 0.25) is 5.91 Å². The molecule has 0 bridgehead atoms. The van der Waals surface area contributed by atoms with E-state index >= 15 is 0 Å². The lowest BCUT2D eigenvalue weighted by Crippen LogP contribution is -2.27. The Kier molecular flexibility index (Phi) is 6.65. The second kappa shape index (κ2) is 8.94. The molecule has 2 rings (SSSR count). The Balaban J connectivity index is 2.04. The minimum Gasteiger partial charge on any atom is -0.496 e. The lowest BCUT2D eigenvalue weighted by Gasteiger charge is -2.16. The summed E-state index contributed by atoms with van der Waals surface area (Å²) in [7, 11) is 4.69. The van der Waals surface area contributed by atoms with Gasteiger partial charge in [0.05, 0.1) is 33.4 Å². The first-order valence-electron chi connectivity index (χ1n) is 7.95. The molecule has 0 saturated carbocycles. The summed E-state index contributed by atoms with van der Waals surface area (Å²) >= 11 is 0. The molecule has 0 aromatic heterocycles. The summed E-state index contributed by atoms with van der Waals surface area (Å²) in [5.74, 6) is 1.65. The van der Waals surface area contributed by atoms with E-state index in [1.165, 1.54) is 0 Å². The topological polar surface area (TPSA) is 82.8 Å². The highest BCUT2D eigenvalue weighted by atomic mass is 16.5. The van der Waals surface area contributed by atoms with Gasteiger partial charge in [0, 0.05) is 24.6 Å². The Bertz CT molecular complexity index is 679. The summed E-state index contributed by atoms with van der Waals surface area (Å²) in [4.78, 5) is 12.2. The molecule has 1 atom stereocenters. The number of hydrogen-bond donors (Lipinski definition) is 2. The molecule has 6 nitrogen and oxygen atoms in total. The summed E-state index contributed by atoms with van der Waals surface area (Å²) in [5.41, 5.74) is 7.76. The first kappa shape index (κ1) is 18.6. The molecule has 3 N–H and O–H groups in total. The van der Waals surface area contributed by atoms with Gasteiger partial charge in [0.15, 0.2) is 0 Å². The maximum Gasteiger partial charge on any atom is 0.222 e. The van der Waals surface area contributed by atoms with Gasteiger partial charge in [0.1, 0.15) is 17.2 Å². The monoisotopic (exact) mass is 344 g/mol. The number of nitrogens with one attached hydrogen (secondary N) is 1. The van der Waals surface area contributed by atoms with E-state index in [9.17, 15) is 4.79 Å². The molecule has 2 aromatic carbocycles. The van der Waals surface area contributed by atoms with Crippen molar-refractivity contribution in [3.05, 3.63) is 53.6 Å². The van der Waals surface area contributed by atoms with E-state index in [1.807, 2.05) is 30.3 Å². The smallest absolute Gasteiger partial charge is 0.222 e. The van der Waals surface area contributed by atoms with E-state index in [2.05, 4.69) is 5.32 Å². The normalized spacial score (nSPS) is 11.5. The summed E-state index contributed by atoms with van der Waals surface area (Å²) in [6, 6.07) is 12.7. The third kappa shape index (κ3) is 4.87. The third-order valence-corrected chi connectivity index (χ3v) is 3.91. The number of nitrogens with two attached hydrogens (primary N) is 1. The van der Waals surface area contributed by atoms with Gasteiger partial charge in [-0.25, -0.2) is 0 Å². The predicted molar refractivity (Wildman–Crippen MR) is 95.9 cm³/mol. The zero-order chi connectivity index (χ0) is 18.2. The maximum absolute atomic E-state index is 12.2. The number of rotatable bonds is 8. The number of benzene rings is 2. The summed E-state index contributed by atoms with van der Waals surface area (Å²) in [6.07, 6.45) is 0.199. The van der Waals surface area contributed by atoms with Crippen molar-refractivity contribution in [2.75, 3.05) is 21.3 Å². The van der Waals surface area contributed by atoms with Gasteiger partial charge < -0.3 is 25.3 Å². The third-order valence-electron chi connectivity index (χ3n) is 3.91. The quantitative estimate of drug-likeness (QED) is 0.768. The van der Waals surface area contributed by atoms with Gasteiger partial charge >= 0.3 is 0 Å². The number of hydrogen-bond acceptors (Lipinski definition) is 5. The van der Waals surface area contributed by atoms with E-state index in [0.717, 1.165) is 11.1 Å². The molecule has 0 aliphatic rings. The van der Waals surface area contributed by atoms with Crippen LogP contribution in [0.5, 0.6) is 17.2 Å². The number of ether oxygens (including phenoxy) is 3. The van der Waals surface area contributed by atoms with E-state index in [-0.39, 0.29) is 24.9 Å². The Morgan fingerprint density at radius 2 is 1.64 bits per heavy atom. The van der Waals surface area contributed by atoms with Crippen molar-refractivity contribution in [2.45, 2.75) is 19.0 Å². The summed E-state index contributed by atoms with van der Waals surface area (Å²) in [5, 5.41) is 2.87. The molecular weight excluding hydrogens is 320 g/mol. The van der Waals surface area contributed by atoms with Crippen LogP contribution in [0.1, 0.15) is 23.6 Å². The van der Waals surface area contributed by atoms with Gasteiger partial charge in [-0.15, -0.1) is 0 Å². The molecule has 0 heterocycles. The Hall–Kier alpha value is -2.73. The highest BCUT2D eigenvalue weighted by Gasteiger charge is 2.16. The first-order chi connectivity index (χ1) is 12.1. The van der Waals surface area contributed by atoms with Crippen LogP contribution in [0, 0.1) is 0 Å². The van der Waals surface area contributed by atoms with E-state index in [1.54, 1.807) is 33.5 Å². The van der Waals surface area contributed by atoms with Crippen LogP contribution in [0.15, 0.2) is 42.5 Å². The Morgan fingerprint density at radius 1 is 1.04 bits per heavy atom. The van der Waals surface area contributed by atoms with Gasteiger partial charge in [-0.3, -0.25) is 4.79 Å². The van der Waals surface area contributed by atoms with Crippen LogP contribution in [0.4, 0.5) is 0 Å². The SMILES string of the molecule is COc1cc(OC)c(CNC(=O)CC(N)c2ccccc2)c(OC)c1. The molecule has 0 saturated heterocycles. The number of amides is 1. The summed E-state index contributed by atoms with van der Waals surface area (Å²) in [6.45, 7) is 0.274. The molecular formula is C19H24N2O4. The van der Waals surface area contributed by atoms with E-state index in [0.29, 0.717) is 17.2 Å². The molecule has 0 radical (unpaired) electrons. The minimum absolute atomic E-state index is 0.142. The lowest BCUT2D eigenvalue weighted by molar-refractivity contribution is -0.121. The highest BCUT2D eigenvalue weighted by Crippen LogP contribution is 2.33. The fraction of sp³-hybridized carbons (Fsp3) is 0.316. The molecule has 0 aliphatic carbocycles. The molecule has 1 amide bonds. The van der Waals surface area contributed by atoms with Crippen LogP contribution >= 0.6 is 0 Å². The van der Waals surface area contributed by atoms with Crippen molar-refractivity contribution < 1.29 is 19.0 Å². The number of methoxy groups -OCH3 is 3. The Labute approximate surface area is 147 Å². The number of carbonyl (C=O) groups excluding carboxylic acids is 1. The minimum atomic E-state index is -0.346. The van der Waals surface area contributed by atoms with Crippen molar-refractivity contribution in [1.29, 1.82) is 0 Å². The van der Waals surface area contributed by atoms with Crippen molar-refractivity contribution in [1.82, 2.24) is 5.32 Å². The van der Waals surface area contributed by atoms with E-state index < -0.39 is 0 Å². The van der Waals surface area contributed by atoms with Gasteiger partial charge in [-0.05, 0) is 5.56 Å². The molecule has 1 unspecified atom stereocenters. The molecule has 25 heavy (non-hydrogen) atoms. The molecule has 2 aromatic rings. The zero-order valence-electron chi connectivity index (χ0n) is 14.7. The van der Waals surface area contributed by atoms with Crippen LogP contribution in [-0.2, 0) is 11.3 Å². The number of carbonyl (C=O) groups is 1. The van der Waals surface area contributed by atoms with Crippen molar-refractivity contribution in [3.63, 3.8) is 0 Å². The van der Waals surface area contributed by atoms with Crippen LogP contribution in [0.3, 0.4) is 0 Å². The van der Waals surface area contributed by atoms with Crippen LogP contribution < -0.4 is 25.3 Å². The van der Waals surface area contributed by atoms with Crippen LogP contribution in [-0.4, -0.2) is 27.2 Å². The van der Waals surface area contributed by atoms with Crippen molar-refractivity contribution in [3.8, 4) is 17.2 Å². The van der Waals surface area contributed by atoms with Crippen molar-refractivity contribution >= 4 is 5.91 Å². The molecule has 0 spiro atoms. The largest absolute Gasteiger partial charge is 0.496 e. The average Bonchev–Trinajstić information content (AvgIpc) is 2.66. The van der Waals surface area contributed by atoms with E-state index in [4.69, 9.17) is 19.9 Å². The average molecular weight is 344 g/mol. The maximum atomic E-state index is 12.2. The molecule has 0 aliphatic heterocycles. The predicted octanol–water partition coefficient (Wildman–Crippen LogP) is 2.42. The Morgan fingerprint density at radius 3 is 2.16 bits per heavy atom. The highest BCUT2D eigenvalue weighted by molar-refractivity contribution is 5.77. The summed E-state index contributed by atoms with van der Waals surface area (Å²) < 4.78 is 16.0. The van der Waals surface area contributed by atoms with Crippen molar-refractivity contribution in [2.24, 2.45) is 5.73 Å². The lowest BCUT2D eigenvalue weighted by atomic mass is 10.0. The second-order valence-corrected chi connectivity index (χ2v) is 5.51. The van der Waals surface area contributed by atoms with Crippen LogP contribution in [0.25, 0.3) is 0 Å². The first-order valence-corrected chi connectivity index (χ1v) is 7.95. The fourth-order valence-corrected chi connectivity index (χ4v) is 2.53.